The topological polar surface area (TPSA) is 38.7 Å². The lowest BCUT2D eigenvalue weighted by molar-refractivity contribution is -0.139. The molecule has 0 saturated carbocycles. The van der Waals surface area contributed by atoms with Crippen molar-refractivity contribution in [2.45, 2.75) is 19.3 Å². The number of hydrogen-bond acceptors (Lipinski definition) is 3. The van der Waals surface area contributed by atoms with E-state index in [4.69, 9.17) is 0 Å². The van der Waals surface area contributed by atoms with Crippen molar-refractivity contribution in [1.29, 1.82) is 0 Å². The Morgan fingerprint density at radius 3 is 3.18 bits per heavy atom. The molecule has 0 spiro atoms. The average molecular weight is 153 g/mol. The number of allylic oxidation sites excluding steroid dienone is 1. The quantitative estimate of drug-likeness (QED) is 0.561. The van der Waals surface area contributed by atoms with Gasteiger partial charge in [-0.05, 0) is 12.8 Å². The maximum Gasteiger partial charge on any atom is 0.311 e. The fraction of sp³-hybridized carbons (Fsp3) is 0.500. The van der Waals surface area contributed by atoms with Crippen molar-refractivity contribution in [2.75, 3.05) is 7.11 Å². The van der Waals surface area contributed by atoms with Crippen LogP contribution in [-0.4, -0.2) is 18.8 Å². The van der Waals surface area contributed by atoms with Gasteiger partial charge in [0, 0.05) is 11.9 Å². The van der Waals surface area contributed by atoms with E-state index >= 15 is 0 Å². The lowest BCUT2D eigenvalue weighted by Crippen LogP contribution is -2.10. The molecule has 60 valence electrons. The SMILES string of the molecule is COC(=O)CC1=NC=CCC1. The Morgan fingerprint density at radius 1 is 1.82 bits per heavy atom. The normalized spacial score (nSPS) is 15.9. The Balaban J connectivity index is 2.42. The second kappa shape index (κ2) is 3.91. The van der Waals surface area contributed by atoms with E-state index in [9.17, 15) is 4.79 Å². The third kappa shape index (κ3) is 2.53. The van der Waals surface area contributed by atoms with Gasteiger partial charge in [0.1, 0.15) is 0 Å². The van der Waals surface area contributed by atoms with Gasteiger partial charge in [0.25, 0.3) is 0 Å². The molecule has 0 saturated heterocycles. The second-order valence-electron chi connectivity index (χ2n) is 2.37. The molecule has 0 aliphatic carbocycles. The minimum atomic E-state index is -0.209. The molecular formula is C8H11NO2. The second-order valence-corrected chi connectivity index (χ2v) is 2.37. The highest BCUT2D eigenvalue weighted by Crippen LogP contribution is 2.05. The number of ether oxygens (including phenoxy) is 1. The summed E-state index contributed by atoms with van der Waals surface area (Å²) < 4.78 is 4.51. The summed E-state index contributed by atoms with van der Waals surface area (Å²) in [7, 11) is 1.39. The Kier molecular flexibility index (Phi) is 2.83. The van der Waals surface area contributed by atoms with Crippen LogP contribution in [0.3, 0.4) is 0 Å². The van der Waals surface area contributed by atoms with Crippen LogP contribution >= 0.6 is 0 Å². The van der Waals surface area contributed by atoms with Crippen molar-refractivity contribution in [3.8, 4) is 0 Å². The summed E-state index contributed by atoms with van der Waals surface area (Å²) >= 11 is 0. The lowest BCUT2D eigenvalue weighted by Gasteiger charge is -2.05. The van der Waals surface area contributed by atoms with Gasteiger partial charge in [0.15, 0.2) is 0 Å². The summed E-state index contributed by atoms with van der Waals surface area (Å²) in [6, 6.07) is 0. The third-order valence-electron chi connectivity index (χ3n) is 1.54. The van der Waals surface area contributed by atoms with Gasteiger partial charge in [-0.3, -0.25) is 9.79 Å². The summed E-state index contributed by atoms with van der Waals surface area (Å²) in [6.45, 7) is 0. The molecule has 1 heterocycles. The summed E-state index contributed by atoms with van der Waals surface area (Å²) in [5.41, 5.74) is 0.916. The minimum absolute atomic E-state index is 0.209. The first-order chi connectivity index (χ1) is 5.33. The predicted octanol–water partition coefficient (Wildman–Crippen LogP) is 1.30. The third-order valence-corrected chi connectivity index (χ3v) is 1.54. The molecule has 0 atom stereocenters. The van der Waals surface area contributed by atoms with Crippen LogP contribution < -0.4 is 0 Å². The molecule has 0 radical (unpaired) electrons. The molecule has 0 N–H and O–H groups in total. The van der Waals surface area contributed by atoms with Crippen LogP contribution in [0, 0.1) is 0 Å². The van der Waals surface area contributed by atoms with E-state index in [1.54, 1.807) is 6.20 Å². The van der Waals surface area contributed by atoms with Gasteiger partial charge in [-0.2, -0.15) is 0 Å². The van der Waals surface area contributed by atoms with Crippen LogP contribution in [0.15, 0.2) is 17.3 Å². The molecule has 0 aromatic carbocycles. The van der Waals surface area contributed by atoms with E-state index in [2.05, 4.69) is 9.73 Å². The molecule has 1 aliphatic rings. The van der Waals surface area contributed by atoms with E-state index in [1.165, 1.54) is 7.11 Å². The molecule has 0 amide bonds. The molecule has 3 heteroatoms. The monoisotopic (exact) mass is 153 g/mol. The van der Waals surface area contributed by atoms with Crippen molar-refractivity contribution in [3.05, 3.63) is 12.3 Å². The zero-order valence-electron chi connectivity index (χ0n) is 6.54. The van der Waals surface area contributed by atoms with Crippen LogP contribution in [0.5, 0.6) is 0 Å². The first kappa shape index (κ1) is 7.98. The Bertz CT molecular complexity index is 206. The van der Waals surface area contributed by atoms with Gasteiger partial charge in [-0.15, -0.1) is 0 Å². The number of esters is 1. The maximum absolute atomic E-state index is 10.8. The number of hydrogen-bond donors (Lipinski definition) is 0. The van der Waals surface area contributed by atoms with Gasteiger partial charge in [-0.1, -0.05) is 6.08 Å². The zero-order chi connectivity index (χ0) is 8.10. The smallest absolute Gasteiger partial charge is 0.311 e. The highest BCUT2D eigenvalue weighted by molar-refractivity contribution is 5.99. The summed E-state index contributed by atoms with van der Waals surface area (Å²) in [6.07, 6.45) is 5.92. The zero-order valence-corrected chi connectivity index (χ0v) is 6.54. The predicted molar refractivity (Wildman–Crippen MR) is 42.4 cm³/mol. The number of methoxy groups -OCH3 is 1. The van der Waals surface area contributed by atoms with Gasteiger partial charge < -0.3 is 4.74 Å². The van der Waals surface area contributed by atoms with Crippen LogP contribution in [0.1, 0.15) is 19.3 Å². The summed E-state index contributed by atoms with van der Waals surface area (Å²) in [5.74, 6) is -0.209. The first-order valence-electron chi connectivity index (χ1n) is 3.60. The van der Waals surface area contributed by atoms with Crippen LogP contribution in [0.25, 0.3) is 0 Å². The molecule has 0 fully saturated rings. The van der Waals surface area contributed by atoms with Gasteiger partial charge in [0.05, 0.1) is 13.5 Å². The molecule has 11 heavy (non-hydrogen) atoms. The molecule has 0 unspecified atom stereocenters. The molecule has 0 aromatic heterocycles. The Morgan fingerprint density at radius 2 is 2.64 bits per heavy atom. The van der Waals surface area contributed by atoms with E-state index in [0.29, 0.717) is 6.42 Å². The molecular weight excluding hydrogens is 142 g/mol. The van der Waals surface area contributed by atoms with E-state index < -0.39 is 0 Å². The minimum Gasteiger partial charge on any atom is -0.469 e. The van der Waals surface area contributed by atoms with Crippen molar-refractivity contribution in [3.63, 3.8) is 0 Å². The van der Waals surface area contributed by atoms with E-state index in [0.717, 1.165) is 18.6 Å². The molecule has 3 nitrogen and oxygen atoms in total. The summed E-state index contributed by atoms with van der Waals surface area (Å²) in [4.78, 5) is 14.8. The molecule has 1 rings (SSSR count). The van der Waals surface area contributed by atoms with Gasteiger partial charge in [0.2, 0.25) is 0 Å². The molecule has 0 aromatic rings. The number of nitrogens with zero attached hydrogens (tertiary/aromatic N) is 1. The van der Waals surface area contributed by atoms with Crippen molar-refractivity contribution < 1.29 is 9.53 Å². The fourth-order valence-electron chi connectivity index (χ4n) is 0.920. The Labute approximate surface area is 65.8 Å². The standard InChI is InChI=1S/C8H11NO2/c1-11-8(10)6-7-4-2-3-5-9-7/h3,5H,2,4,6H2,1H3. The fourth-order valence-corrected chi connectivity index (χ4v) is 0.920. The van der Waals surface area contributed by atoms with E-state index in [1.807, 2.05) is 6.08 Å². The molecule has 1 aliphatic heterocycles. The van der Waals surface area contributed by atoms with Crippen LogP contribution in [-0.2, 0) is 9.53 Å². The van der Waals surface area contributed by atoms with Crippen LogP contribution in [0.2, 0.25) is 0 Å². The van der Waals surface area contributed by atoms with Crippen molar-refractivity contribution >= 4 is 11.7 Å². The average Bonchev–Trinajstić information content (AvgIpc) is 2.06. The number of carbonyl (C=O) groups is 1. The lowest BCUT2D eigenvalue weighted by atomic mass is 10.1. The summed E-state index contributed by atoms with van der Waals surface area (Å²) in [5, 5.41) is 0. The van der Waals surface area contributed by atoms with Gasteiger partial charge in [-0.25, -0.2) is 0 Å². The van der Waals surface area contributed by atoms with Crippen LogP contribution in [0.4, 0.5) is 0 Å². The highest BCUT2D eigenvalue weighted by atomic mass is 16.5. The number of aliphatic imine (C=N–C) groups is 1. The van der Waals surface area contributed by atoms with Crippen molar-refractivity contribution in [1.82, 2.24) is 0 Å². The van der Waals surface area contributed by atoms with Gasteiger partial charge >= 0.3 is 5.97 Å². The number of carbonyl (C=O) groups excluding carboxylic acids is 1. The maximum atomic E-state index is 10.8. The van der Waals surface area contributed by atoms with E-state index in [-0.39, 0.29) is 5.97 Å². The highest BCUT2D eigenvalue weighted by Gasteiger charge is 2.07. The Hall–Kier alpha value is -1.12. The molecule has 0 bridgehead atoms. The number of rotatable bonds is 2. The first-order valence-corrected chi connectivity index (χ1v) is 3.60. The largest absolute Gasteiger partial charge is 0.469 e. The van der Waals surface area contributed by atoms with Crippen molar-refractivity contribution in [2.24, 2.45) is 4.99 Å².